The minimum atomic E-state index is -6.79. The fourth-order valence-electron chi connectivity index (χ4n) is 5.56. The molecule has 39 heavy (non-hydrogen) atoms. The lowest BCUT2D eigenvalue weighted by atomic mass is 9.58. The molecule has 2 aromatic carbocycles. The summed E-state index contributed by atoms with van der Waals surface area (Å²) in [5, 5.41) is -5.90. The molecule has 0 aliphatic heterocycles. The zero-order valence-corrected chi connectivity index (χ0v) is 23.1. The van der Waals surface area contributed by atoms with Crippen molar-refractivity contribution < 1.29 is 44.5 Å². The third kappa shape index (κ3) is 5.08. The fraction of sp³-hybridized carbons (Fsp3) is 0.536. The number of benzene rings is 2. The van der Waals surface area contributed by atoms with E-state index >= 15 is 0 Å². The Labute approximate surface area is 224 Å². The Morgan fingerprint density at radius 2 is 1.33 bits per heavy atom. The standard InChI is InChI=1S/C28H31F5O5S/c1-25(2,3)14-8-10-17-18(11-14)19-13-21(22(17)20-12-15(26(4,5)6)7-9-16(19)20)23(34)38-24(27(29,30)31)28(32,33)39(35,36)37/h7-12,19,21-22,24H,13H2,1-6H3,(H,35,36,37)/p-1. The van der Waals surface area contributed by atoms with Crippen LogP contribution in [0.15, 0.2) is 36.4 Å². The lowest BCUT2D eigenvalue weighted by Crippen LogP contribution is -2.53. The first-order chi connectivity index (χ1) is 17.5. The average Bonchev–Trinajstić information content (AvgIpc) is 2.78. The number of fused-ring (bicyclic) bond motifs is 1. The summed E-state index contributed by atoms with van der Waals surface area (Å²) in [5.41, 5.74) is 4.55. The predicted octanol–water partition coefficient (Wildman–Crippen LogP) is 6.49. The van der Waals surface area contributed by atoms with Crippen molar-refractivity contribution in [2.45, 2.75) is 88.2 Å². The smallest absolute Gasteiger partial charge is 0.432 e. The van der Waals surface area contributed by atoms with Crippen molar-refractivity contribution in [3.05, 3.63) is 69.8 Å². The van der Waals surface area contributed by atoms with Gasteiger partial charge in [-0.3, -0.25) is 4.79 Å². The minimum absolute atomic E-state index is 0.0216. The molecule has 0 saturated heterocycles. The van der Waals surface area contributed by atoms with E-state index in [1.54, 1.807) is 6.07 Å². The Hall–Kier alpha value is -2.53. The monoisotopic (exact) mass is 573 g/mol. The molecule has 4 atom stereocenters. The van der Waals surface area contributed by atoms with E-state index in [0.717, 1.165) is 22.3 Å². The molecule has 0 radical (unpaired) electrons. The molecule has 11 heteroatoms. The van der Waals surface area contributed by atoms with Crippen LogP contribution in [0.4, 0.5) is 22.0 Å². The molecule has 3 aliphatic carbocycles. The summed E-state index contributed by atoms with van der Waals surface area (Å²) >= 11 is 0. The van der Waals surface area contributed by atoms with Crippen molar-refractivity contribution in [1.29, 1.82) is 0 Å². The molecule has 5 rings (SSSR count). The number of ether oxygens (including phenoxy) is 1. The topological polar surface area (TPSA) is 83.5 Å². The largest absolute Gasteiger partial charge is 0.743 e. The molecule has 3 aliphatic rings. The molecular formula is C28H30F5O5S-. The number of halogens is 5. The SMILES string of the molecule is CC(C)(C)c1ccc2c(c1)C1CC(C(=O)OC(C(F)(F)F)C(F)(F)S(=O)(=O)[O-])C2c2cc(C(C)(C)C)ccc21. The molecule has 0 aromatic heterocycles. The molecule has 0 N–H and O–H groups in total. The van der Waals surface area contributed by atoms with Crippen molar-refractivity contribution in [2.75, 3.05) is 0 Å². The molecule has 0 saturated carbocycles. The van der Waals surface area contributed by atoms with E-state index in [-0.39, 0.29) is 17.3 Å². The van der Waals surface area contributed by atoms with Gasteiger partial charge in [0.1, 0.15) is 0 Å². The van der Waals surface area contributed by atoms with Crippen LogP contribution in [-0.4, -0.2) is 36.5 Å². The van der Waals surface area contributed by atoms with Crippen LogP contribution >= 0.6 is 0 Å². The van der Waals surface area contributed by atoms with Crippen LogP contribution in [0.2, 0.25) is 0 Å². The van der Waals surface area contributed by atoms with E-state index in [4.69, 9.17) is 0 Å². The molecule has 214 valence electrons. The summed E-state index contributed by atoms with van der Waals surface area (Å²) in [4.78, 5) is 13.2. The lowest BCUT2D eigenvalue weighted by Gasteiger charge is -2.46. The fourth-order valence-corrected chi connectivity index (χ4v) is 6.00. The number of hydrogen-bond acceptors (Lipinski definition) is 5. The third-order valence-electron chi connectivity index (χ3n) is 7.69. The van der Waals surface area contributed by atoms with Crippen LogP contribution in [0.25, 0.3) is 0 Å². The molecular weight excluding hydrogens is 543 g/mol. The third-order valence-corrected chi connectivity index (χ3v) is 8.57. The first-order valence-electron chi connectivity index (χ1n) is 12.4. The van der Waals surface area contributed by atoms with Gasteiger partial charge in [0.15, 0.2) is 10.1 Å². The van der Waals surface area contributed by atoms with Crippen LogP contribution in [0.3, 0.4) is 0 Å². The summed E-state index contributed by atoms with van der Waals surface area (Å²) in [6.45, 7) is 12.0. The van der Waals surface area contributed by atoms with Gasteiger partial charge in [-0.15, -0.1) is 0 Å². The Morgan fingerprint density at radius 3 is 1.79 bits per heavy atom. The summed E-state index contributed by atoms with van der Waals surface area (Å²) in [6.07, 6.45) is -10.4. The van der Waals surface area contributed by atoms with Crippen molar-refractivity contribution >= 4 is 16.1 Å². The first-order valence-corrected chi connectivity index (χ1v) is 13.8. The summed E-state index contributed by atoms with van der Waals surface area (Å²) < 4.78 is 106. The molecule has 2 bridgehead atoms. The van der Waals surface area contributed by atoms with Crippen LogP contribution in [-0.2, 0) is 30.5 Å². The van der Waals surface area contributed by atoms with Gasteiger partial charge in [-0.05, 0) is 50.6 Å². The second-order valence-electron chi connectivity index (χ2n) is 12.4. The molecule has 0 heterocycles. The van der Waals surface area contributed by atoms with E-state index in [2.05, 4.69) is 4.74 Å². The normalized spacial score (nSPS) is 22.2. The molecule has 2 aromatic rings. The Kier molecular flexibility index (Phi) is 6.79. The molecule has 5 nitrogen and oxygen atoms in total. The van der Waals surface area contributed by atoms with Gasteiger partial charge in [0.2, 0.25) is 0 Å². The first kappa shape index (κ1) is 29.5. The number of rotatable bonds is 4. The summed E-state index contributed by atoms with van der Waals surface area (Å²) in [7, 11) is -6.79. The highest BCUT2D eigenvalue weighted by Gasteiger charge is 2.63. The number of alkyl halides is 5. The van der Waals surface area contributed by atoms with Gasteiger partial charge >= 0.3 is 17.4 Å². The predicted molar refractivity (Wildman–Crippen MR) is 133 cm³/mol. The maximum Gasteiger partial charge on any atom is 0.432 e. The maximum atomic E-state index is 14.1. The Bertz CT molecular complexity index is 1420. The highest BCUT2D eigenvalue weighted by atomic mass is 32.2. The highest BCUT2D eigenvalue weighted by molar-refractivity contribution is 7.86. The van der Waals surface area contributed by atoms with Crippen molar-refractivity contribution in [2.24, 2.45) is 5.92 Å². The minimum Gasteiger partial charge on any atom is -0.743 e. The zero-order chi connectivity index (χ0) is 29.5. The number of hydrogen-bond donors (Lipinski definition) is 0. The van der Waals surface area contributed by atoms with Crippen LogP contribution in [0.5, 0.6) is 0 Å². The second-order valence-corrected chi connectivity index (χ2v) is 13.9. The van der Waals surface area contributed by atoms with Crippen LogP contribution in [0, 0.1) is 5.92 Å². The van der Waals surface area contributed by atoms with E-state index in [1.165, 1.54) is 0 Å². The van der Waals surface area contributed by atoms with E-state index in [9.17, 15) is 39.7 Å². The van der Waals surface area contributed by atoms with Gasteiger partial charge in [0.25, 0.3) is 6.10 Å². The maximum absolute atomic E-state index is 14.1. The highest BCUT2D eigenvalue weighted by Crippen LogP contribution is 2.57. The molecule has 0 spiro atoms. The van der Waals surface area contributed by atoms with E-state index in [0.29, 0.717) is 11.1 Å². The second kappa shape index (κ2) is 8.99. The average molecular weight is 574 g/mol. The van der Waals surface area contributed by atoms with Gasteiger partial charge in [0.05, 0.1) is 5.92 Å². The van der Waals surface area contributed by atoms with Gasteiger partial charge in [-0.2, -0.15) is 22.0 Å². The van der Waals surface area contributed by atoms with Gasteiger partial charge in [-0.1, -0.05) is 77.9 Å². The summed E-state index contributed by atoms with van der Waals surface area (Å²) in [5.74, 6) is -4.18. The van der Waals surface area contributed by atoms with Crippen molar-refractivity contribution in [3.63, 3.8) is 0 Å². The van der Waals surface area contributed by atoms with Crippen molar-refractivity contribution in [1.82, 2.24) is 0 Å². The Balaban J connectivity index is 1.84. The molecule has 0 amide bonds. The van der Waals surface area contributed by atoms with Crippen LogP contribution in [0.1, 0.15) is 93.2 Å². The lowest BCUT2D eigenvalue weighted by molar-refractivity contribution is -0.261. The number of carbonyl (C=O) groups is 1. The number of carbonyl (C=O) groups excluding carboxylic acids is 1. The molecule has 0 fully saturated rings. The number of esters is 1. The van der Waals surface area contributed by atoms with Gasteiger partial charge in [-0.25, -0.2) is 8.42 Å². The van der Waals surface area contributed by atoms with Gasteiger partial charge < -0.3 is 9.29 Å². The van der Waals surface area contributed by atoms with Crippen LogP contribution < -0.4 is 0 Å². The van der Waals surface area contributed by atoms with E-state index in [1.807, 2.05) is 71.9 Å². The van der Waals surface area contributed by atoms with Crippen molar-refractivity contribution in [3.8, 4) is 0 Å². The van der Waals surface area contributed by atoms with E-state index < -0.39 is 51.4 Å². The quantitative estimate of drug-likeness (QED) is 0.237. The summed E-state index contributed by atoms with van der Waals surface area (Å²) in [6, 6.07) is 11.4. The molecule has 4 unspecified atom stereocenters. The van der Waals surface area contributed by atoms with Gasteiger partial charge in [0, 0.05) is 11.8 Å². The zero-order valence-electron chi connectivity index (χ0n) is 22.3. The Morgan fingerprint density at radius 1 is 0.846 bits per heavy atom.